The van der Waals surface area contributed by atoms with E-state index in [1.54, 1.807) is 24.3 Å². The highest BCUT2D eigenvalue weighted by Crippen LogP contribution is 2.33. The highest BCUT2D eigenvalue weighted by Gasteiger charge is 2.45. The summed E-state index contributed by atoms with van der Waals surface area (Å²) >= 11 is 7.78. The van der Waals surface area contributed by atoms with Gasteiger partial charge in [0.25, 0.3) is 10.9 Å². The monoisotopic (exact) mass is 1350 g/mol. The number of anilines is 2. The van der Waals surface area contributed by atoms with Gasteiger partial charge in [-0.25, -0.2) is 4.79 Å². The van der Waals surface area contributed by atoms with Crippen molar-refractivity contribution in [2.24, 2.45) is 0 Å². The van der Waals surface area contributed by atoms with Crippen molar-refractivity contribution in [1.82, 2.24) is 31.9 Å². The molecular weight excluding hydrogens is 1260 g/mol. The number of rotatable bonds is 55. The molecule has 0 bridgehead atoms. The van der Waals surface area contributed by atoms with Crippen LogP contribution < -0.4 is 53.4 Å². The van der Waals surface area contributed by atoms with E-state index in [9.17, 15) is 54.0 Å². The van der Waals surface area contributed by atoms with Crippen molar-refractivity contribution in [3.63, 3.8) is 0 Å². The van der Waals surface area contributed by atoms with E-state index in [-0.39, 0.29) is 126 Å². The molecule has 0 aliphatic carbocycles. The van der Waals surface area contributed by atoms with Gasteiger partial charge in [0.1, 0.15) is 30.2 Å². The molecule has 0 radical (unpaired) electrons. The molecule has 0 unspecified atom stereocenters. The number of hydrogen-bond donors (Lipinski definition) is 12. The molecule has 12 N–H and O–H groups in total. The highest BCUT2D eigenvalue weighted by molar-refractivity contribution is 8.00. The number of fused-ring (bicyclic) bond motifs is 1. The summed E-state index contributed by atoms with van der Waals surface area (Å²) in [5.41, 5.74) is -0.264. The van der Waals surface area contributed by atoms with Gasteiger partial charge in [0.2, 0.25) is 23.6 Å². The highest BCUT2D eigenvalue weighted by atomic mass is 35.5. The van der Waals surface area contributed by atoms with Crippen LogP contribution in [0.4, 0.5) is 16.2 Å². The van der Waals surface area contributed by atoms with E-state index >= 15 is 0 Å². The molecule has 92 heavy (non-hydrogen) atoms. The number of carbonyl (C=O) groups excluding carboxylic acids is 5. The van der Waals surface area contributed by atoms with Gasteiger partial charge in [0, 0.05) is 68.0 Å². The van der Waals surface area contributed by atoms with Gasteiger partial charge < -0.3 is 120 Å². The first-order chi connectivity index (χ1) is 44.7. The van der Waals surface area contributed by atoms with Crippen molar-refractivity contribution < 1.29 is 101 Å². The number of nitrogens with one attached hydrogen (secondary N) is 8. The fraction of sp³-hybridized carbons (Fsp3) is 0.746. The Balaban J connectivity index is 0.726. The third-order valence-corrected chi connectivity index (χ3v) is 16.1. The molecule has 3 aliphatic rings. The predicted octanol–water partition coefficient (Wildman–Crippen LogP) is -2.68. The first-order valence-corrected chi connectivity index (χ1v) is 32.7. The topological polar surface area (TPSA) is 407 Å². The summed E-state index contributed by atoms with van der Waals surface area (Å²) in [5, 5.41) is 65.2. The van der Waals surface area contributed by atoms with Gasteiger partial charge in [-0.15, -0.1) is 0 Å². The van der Waals surface area contributed by atoms with Crippen LogP contribution in [0.5, 0.6) is 0 Å². The lowest BCUT2D eigenvalue weighted by Gasteiger charge is -2.42. The van der Waals surface area contributed by atoms with E-state index in [0.717, 1.165) is 25.0 Å². The molecule has 9 atom stereocenters. The van der Waals surface area contributed by atoms with Gasteiger partial charge in [-0.05, 0) is 30.5 Å². The van der Waals surface area contributed by atoms with E-state index in [4.69, 9.17) is 68.4 Å². The van der Waals surface area contributed by atoms with Gasteiger partial charge in [-0.3, -0.25) is 28.8 Å². The lowest BCUT2D eigenvalue weighted by molar-refractivity contribution is -0.254. The first kappa shape index (κ1) is 77.8. The first-order valence-electron chi connectivity index (χ1n) is 31.3. The third-order valence-electron chi connectivity index (χ3n) is 14.3. The SMILES string of the molecule is O=C(CCCC[C@H]1SC[C@H]2NC(=O)N[C@H]21)NCCOCCOCCOCCOCCC(=O)NCCOCCOCCOCCOCCNc1c(NCCOCCOCCO[C@H]2C[C@H](O)[C@@H](NC(=O)CO)[C@H]([C@H](O)[C@H](O)CNC(=O)Cc3ccc(Cl)cc3)O2)c(=O)c1=O. The Morgan fingerprint density at radius 2 is 1.09 bits per heavy atom. The molecule has 522 valence electrons. The zero-order chi connectivity index (χ0) is 66.0. The minimum atomic E-state index is -1.71. The van der Waals surface area contributed by atoms with Crippen LogP contribution in [0.25, 0.3) is 0 Å². The molecule has 31 nitrogen and oxygen atoms in total. The molecule has 3 fully saturated rings. The number of unbranched alkanes of at least 4 members (excludes halogenated alkanes) is 1. The van der Waals surface area contributed by atoms with E-state index in [1.807, 2.05) is 11.8 Å². The molecule has 2 aromatic rings. The van der Waals surface area contributed by atoms with E-state index < -0.39 is 66.0 Å². The number of benzene rings is 1. The predicted molar refractivity (Wildman–Crippen MR) is 336 cm³/mol. The fourth-order valence-electron chi connectivity index (χ4n) is 9.55. The summed E-state index contributed by atoms with van der Waals surface area (Å²) in [6.07, 6.45) is -3.77. The third kappa shape index (κ3) is 31.5. The number of carbonyl (C=O) groups is 5. The van der Waals surface area contributed by atoms with Crippen LogP contribution in [-0.2, 0) is 82.4 Å². The van der Waals surface area contributed by atoms with Crippen molar-refractivity contribution in [2.75, 3.05) is 194 Å². The second-order valence-electron chi connectivity index (χ2n) is 21.3. The summed E-state index contributed by atoms with van der Waals surface area (Å²) in [6.45, 7) is 6.34. The standard InChI is InChI=1S/C59H95ClN8O23S/c60-41-7-5-40(6-8-41)35-48(74)65-37-44(71)55(76)58-52(67-49(75)38-69)43(70)36-50(91-58)90-34-33-89-28-23-84-18-13-64-54-53(56(77)57(54)78)63-12-17-83-22-27-88-32-31-87-26-21-82-16-11-62-47(73)9-14-80-19-24-85-29-30-86-25-20-81-15-10-61-46(72)4-2-1-3-45-51-42(39-92-45)66-59(79)68-51/h5-8,42-45,50-52,55,58,63-64,69-71,76H,1-4,9-39H2,(H,61,72)(H,62,73)(H,65,74)(H,67,75)(H2,66,68,79)/t42-,43+,44-,45-,50-,51-,52-,55-,58-/m1/s1. The number of amides is 6. The maximum absolute atomic E-state index is 12.5. The van der Waals surface area contributed by atoms with Gasteiger partial charge in [-0.1, -0.05) is 30.2 Å². The number of urea groups is 1. The molecule has 0 saturated carbocycles. The number of hydrogen-bond acceptors (Lipinski definition) is 26. The van der Waals surface area contributed by atoms with Crippen LogP contribution in [0.2, 0.25) is 5.02 Å². The van der Waals surface area contributed by atoms with Crippen molar-refractivity contribution in [1.29, 1.82) is 0 Å². The number of aliphatic hydroxyl groups is 4. The van der Waals surface area contributed by atoms with Gasteiger partial charge >= 0.3 is 6.03 Å². The lowest BCUT2D eigenvalue weighted by atomic mass is 9.92. The van der Waals surface area contributed by atoms with Crippen molar-refractivity contribution in [3.05, 3.63) is 55.3 Å². The van der Waals surface area contributed by atoms with Gasteiger partial charge in [0.05, 0.1) is 175 Å². The molecule has 5 rings (SSSR count). The molecule has 3 aliphatic heterocycles. The minimum absolute atomic E-state index is 0.00329. The van der Waals surface area contributed by atoms with Gasteiger partial charge in [-0.2, -0.15) is 11.8 Å². The Morgan fingerprint density at radius 3 is 1.62 bits per heavy atom. The Morgan fingerprint density at radius 1 is 0.598 bits per heavy atom. The Kier molecular flexibility index (Phi) is 39.7. The van der Waals surface area contributed by atoms with Crippen LogP contribution in [0.3, 0.4) is 0 Å². The minimum Gasteiger partial charge on any atom is -0.391 e. The normalized spacial score (nSPS) is 20.1. The average Bonchev–Trinajstić information content (AvgIpc) is 1.06. The second kappa shape index (κ2) is 47.0. The summed E-state index contributed by atoms with van der Waals surface area (Å²) < 4.78 is 66.7. The smallest absolute Gasteiger partial charge is 0.315 e. The summed E-state index contributed by atoms with van der Waals surface area (Å²) in [7, 11) is 0. The number of halogens is 1. The Labute approximate surface area is 544 Å². The zero-order valence-electron chi connectivity index (χ0n) is 52.1. The number of thioether (sulfide) groups is 1. The zero-order valence-corrected chi connectivity index (χ0v) is 53.7. The Bertz CT molecular complexity index is 2480. The quantitative estimate of drug-likeness (QED) is 0.0182. The molecule has 3 saturated heterocycles. The lowest BCUT2D eigenvalue weighted by Crippen LogP contribution is -2.63. The molecule has 2 aromatic carbocycles. The van der Waals surface area contributed by atoms with Crippen molar-refractivity contribution in [3.8, 4) is 0 Å². The Hall–Kier alpha value is -4.95. The molecule has 33 heteroatoms. The van der Waals surface area contributed by atoms with E-state index in [1.165, 1.54) is 0 Å². The summed E-state index contributed by atoms with van der Waals surface area (Å²) in [4.78, 5) is 84.6. The largest absolute Gasteiger partial charge is 0.391 e. The van der Waals surface area contributed by atoms with Crippen LogP contribution in [-0.4, -0.2) is 288 Å². The average molecular weight is 1350 g/mol. The number of aliphatic hydroxyl groups excluding tert-OH is 4. The van der Waals surface area contributed by atoms with Crippen molar-refractivity contribution >= 4 is 64.4 Å². The maximum Gasteiger partial charge on any atom is 0.315 e. The molecular formula is C59H95ClN8O23S. The van der Waals surface area contributed by atoms with Crippen LogP contribution in [0.15, 0.2) is 33.9 Å². The van der Waals surface area contributed by atoms with Gasteiger partial charge in [0.15, 0.2) is 6.29 Å². The van der Waals surface area contributed by atoms with Crippen LogP contribution >= 0.6 is 23.4 Å². The molecule has 6 amide bonds. The maximum atomic E-state index is 12.5. The van der Waals surface area contributed by atoms with Crippen molar-refractivity contribution in [2.45, 2.75) is 99.0 Å². The van der Waals surface area contributed by atoms with Crippen LogP contribution in [0, 0.1) is 0 Å². The number of ether oxygens (including phenoxy) is 12. The summed E-state index contributed by atoms with van der Waals surface area (Å²) in [6, 6.07) is 5.73. The van der Waals surface area contributed by atoms with E-state index in [2.05, 4.69) is 42.5 Å². The summed E-state index contributed by atoms with van der Waals surface area (Å²) in [5.74, 6) is -0.483. The molecule has 0 aromatic heterocycles. The van der Waals surface area contributed by atoms with E-state index in [0.29, 0.717) is 128 Å². The van der Waals surface area contributed by atoms with Crippen LogP contribution in [0.1, 0.15) is 44.1 Å². The molecule has 0 spiro atoms. The molecule has 3 heterocycles. The fourth-order valence-corrected chi connectivity index (χ4v) is 11.2. The second-order valence-corrected chi connectivity index (χ2v) is 23.0.